The molecule has 19 heavy (non-hydrogen) atoms. The maximum Gasteiger partial charge on any atom is 0.315 e. The van der Waals surface area contributed by atoms with Crippen molar-refractivity contribution in [3.8, 4) is 0 Å². The Bertz CT molecular complexity index is 503. The molecule has 1 unspecified atom stereocenters. The number of hydrogen-bond acceptors (Lipinski definition) is 5. The van der Waals surface area contributed by atoms with Crippen LogP contribution >= 0.6 is 11.8 Å². The van der Waals surface area contributed by atoms with Crippen molar-refractivity contribution in [1.29, 1.82) is 0 Å². The third-order valence-electron chi connectivity index (χ3n) is 2.75. The molecular weight excluding hydrogens is 266 g/mol. The summed E-state index contributed by atoms with van der Waals surface area (Å²) in [5.41, 5.74) is 0.568. The van der Waals surface area contributed by atoms with Crippen LogP contribution in [0.3, 0.4) is 0 Å². The van der Waals surface area contributed by atoms with Crippen molar-refractivity contribution in [3.05, 3.63) is 30.3 Å². The van der Waals surface area contributed by atoms with Gasteiger partial charge in [-0.2, -0.15) is 0 Å². The Morgan fingerprint density at radius 3 is 2.68 bits per heavy atom. The van der Waals surface area contributed by atoms with Crippen LogP contribution in [0.1, 0.15) is 6.42 Å². The highest BCUT2D eigenvalue weighted by molar-refractivity contribution is 8.01. The van der Waals surface area contributed by atoms with E-state index in [2.05, 4.69) is 4.74 Å². The van der Waals surface area contributed by atoms with Crippen LogP contribution in [0.2, 0.25) is 0 Å². The van der Waals surface area contributed by atoms with Crippen molar-refractivity contribution in [2.24, 2.45) is 0 Å². The molecule has 1 aromatic carbocycles. The monoisotopic (exact) mass is 279 g/mol. The van der Waals surface area contributed by atoms with Crippen LogP contribution in [0.4, 0.5) is 5.69 Å². The number of anilines is 1. The summed E-state index contributed by atoms with van der Waals surface area (Å²) in [6.45, 7) is 0. The molecule has 0 saturated carbocycles. The molecule has 5 nitrogen and oxygen atoms in total. The van der Waals surface area contributed by atoms with Crippen molar-refractivity contribution < 1.29 is 19.1 Å². The number of esters is 1. The van der Waals surface area contributed by atoms with Crippen LogP contribution in [0, 0.1) is 0 Å². The van der Waals surface area contributed by atoms with Crippen molar-refractivity contribution in [2.75, 3.05) is 17.8 Å². The van der Waals surface area contributed by atoms with Gasteiger partial charge in [0.15, 0.2) is 0 Å². The number of carbonyl (C=O) groups is 3. The second kappa shape index (κ2) is 5.88. The molecule has 2 rings (SSSR count). The first-order valence-electron chi connectivity index (χ1n) is 5.73. The third-order valence-corrected chi connectivity index (χ3v) is 3.92. The zero-order valence-corrected chi connectivity index (χ0v) is 11.2. The van der Waals surface area contributed by atoms with Crippen LogP contribution in [0.25, 0.3) is 0 Å². The minimum Gasteiger partial charge on any atom is -0.468 e. The largest absolute Gasteiger partial charge is 0.468 e. The Balaban J connectivity index is 2.07. The smallest absolute Gasteiger partial charge is 0.315 e. The quantitative estimate of drug-likeness (QED) is 0.612. The van der Waals surface area contributed by atoms with Crippen molar-refractivity contribution in [3.63, 3.8) is 0 Å². The lowest BCUT2D eigenvalue weighted by Gasteiger charge is -2.14. The zero-order valence-electron chi connectivity index (χ0n) is 10.4. The minimum absolute atomic E-state index is 0.0722. The fourth-order valence-electron chi connectivity index (χ4n) is 1.81. The lowest BCUT2D eigenvalue weighted by Crippen LogP contribution is -2.31. The predicted octanol–water partition coefficient (Wildman–Crippen LogP) is 1.22. The zero-order chi connectivity index (χ0) is 13.8. The number of imide groups is 1. The maximum atomic E-state index is 12.1. The van der Waals surface area contributed by atoms with Gasteiger partial charge in [-0.25, -0.2) is 4.90 Å². The molecule has 0 radical (unpaired) electrons. The van der Waals surface area contributed by atoms with Gasteiger partial charge in [-0.3, -0.25) is 14.4 Å². The second-order valence-corrected chi connectivity index (χ2v) is 5.17. The number of ether oxygens (including phenoxy) is 1. The molecule has 0 N–H and O–H groups in total. The molecule has 0 spiro atoms. The molecule has 0 bridgehead atoms. The molecule has 1 saturated heterocycles. The van der Waals surface area contributed by atoms with E-state index in [1.807, 2.05) is 6.07 Å². The highest BCUT2D eigenvalue weighted by Gasteiger charge is 2.39. The number of amides is 2. The van der Waals surface area contributed by atoms with Gasteiger partial charge in [0.1, 0.15) is 0 Å². The number of para-hydroxylation sites is 1. The maximum absolute atomic E-state index is 12.1. The molecule has 6 heteroatoms. The van der Waals surface area contributed by atoms with Gasteiger partial charge < -0.3 is 4.74 Å². The van der Waals surface area contributed by atoms with Gasteiger partial charge in [0.05, 0.1) is 23.8 Å². The Morgan fingerprint density at radius 1 is 1.37 bits per heavy atom. The number of rotatable bonds is 4. The fraction of sp³-hybridized carbons (Fsp3) is 0.308. The minimum atomic E-state index is -0.508. The summed E-state index contributed by atoms with van der Waals surface area (Å²) in [5.74, 6) is -0.838. The van der Waals surface area contributed by atoms with Gasteiger partial charge in [-0.1, -0.05) is 18.2 Å². The van der Waals surface area contributed by atoms with E-state index < -0.39 is 11.2 Å². The molecule has 1 heterocycles. The average molecular weight is 279 g/mol. The normalized spacial score (nSPS) is 18.8. The number of nitrogens with zero attached hydrogens (tertiary/aromatic N) is 1. The van der Waals surface area contributed by atoms with Crippen LogP contribution in [0.5, 0.6) is 0 Å². The van der Waals surface area contributed by atoms with E-state index in [9.17, 15) is 14.4 Å². The van der Waals surface area contributed by atoms with Crippen molar-refractivity contribution in [2.45, 2.75) is 11.7 Å². The topological polar surface area (TPSA) is 63.7 Å². The van der Waals surface area contributed by atoms with Gasteiger partial charge in [-0.05, 0) is 12.1 Å². The Kier molecular flexibility index (Phi) is 4.21. The highest BCUT2D eigenvalue weighted by atomic mass is 32.2. The van der Waals surface area contributed by atoms with E-state index in [1.165, 1.54) is 12.0 Å². The summed E-state index contributed by atoms with van der Waals surface area (Å²) < 4.78 is 4.51. The van der Waals surface area contributed by atoms with Gasteiger partial charge in [0.25, 0.3) is 0 Å². The Morgan fingerprint density at radius 2 is 2.05 bits per heavy atom. The molecule has 1 atom stereocenters. The molecule has 2 amide bonds. The van der Waals surface area contributed by atoms with E-state index in [1.54, 1.807) is 24.3 Å². The fourth-order valence-corrected chi connectivity index (χ4v) is 2.77. The van der Waals surface area contributed by atoms with Crippen molar-refractivity contribution >= 4 is 35.2 Å². The molecule has 100 valence electrons. The van der Waals surface area contributed by atoms with Gasteiger partial charge in [0, 0.05) is 6.42 Å². The number of carbonyl (C=O) groups excluding carboxylic acids is 3. The molecule has 0 aliphatic carbocycles. The predicted molar refractivity (Wildman–Crippen MR) is 71.8 cm³/mol. The Hall–Kier alpha value is -1.82. The number of thioether (sulfide) groups is 1. The first-order chi connectivity index (χ1) is 9.13. The average Bonchev–Trinajstić information content (AvgIpc) is 2.71. The van der Waals surface area contributed by atoms with Gasteiger partial charge >= 0.3 is 5.97 Å². The van der Waals surface area contributed by atoms with Crippen molar-refractivity contribution in [1.82, 2.24) is 0 Å². The summed E-state index contributed by atoms with van der Waals surface area (Å²) in [6, 6.07) is 8.78. The molecular formula is C13H13NO4S. The van der Waals surface area contributed by atoms with E-state index in [0.717, 1.165) is 11.8 Å². The van der Waals surface area contributed by atoms with E-state index in [-0.39, 0.29) is 24.0 Å². The highest BCUT2D eigenvalue weighted by Crippen LogP contribution is 2.29. The third kappa shape index (κ3) is 2.96. The SMILES string of the molecule is COC(=O)CSC1CC(=O)N(c2ccccc2)C1=O. The summed E-state index contributed by atoms with van der Waals surface area (Å²) in [5, 5.41) is -0.508. The van der Waals surface area contributed by atoms with E-state index in [4.69, 9.17) is 0 Å². The van der Waals surface area contributed by atoms with Crippen LogP contribution in [-0.2, 0) is 19.1 Å². The lowest BCUT2D eigenvalue weighted by atomic mass is 10.3. The first-order valence-corrected chi connectivity index (χ1v) is 6.78. The summed E-state index contributed by atoms with van der Waals surface area (Å²) >= 11 is 1.14. The molecule has 1 aromatic rings. The molecule has 1 aliphatic heterocycles. The number of benzene rings is 1. The number of hydrogen-bond donors (Lipinski definition) is 0. The Labute approximate surface area is 114 Å². The second-order valence-electron chi connectivity index (χ2n) is 3.98. The molecule has 0 aromatic heterocycles. The van der Waals surface area contributed by atoms with E-state index in [0.29, 0.717) is 5.69 Å². The molecule has 1 aliphatic rings. The van der Waals surface area contributed by atoms with Crippen LogP contribution in [0.15, 0.2) is 30.3 Å². The van der Waals surface area contributed by atoms with E-state index >= 15 is 0 Å². The van der Waals surface area contributed by atoms with Crippen LogP contribution in [-0.4, -0.2) is 35.9 Å². The van der Waals surface area contributed by atoms with Gasteiger partial charge in [-0.15, -0.1) is 11.8 Å². The molecule has 1 fully saturated rings. The first kappa shape index (κ1) is 13.6. The standard InChI is InChI=1S/C13H13NO4S/c1-18-12(16)8-19-10-7-11(15)14(13(10)17)9-5-3-2-4-6-9/h2-6,10H,7-8H2,1H3. The number of methoxy groups -OCH3 is 1. The summed E-state index contributed by atoms with van der Waals surface area (Å²) in [7, 11) is 1.29. The lowest BCUT2D eigenvalue weighted by molar-refractivity contribution is -0.137. The summed E-state index contributed by atoms with van der Waals surface area (Å²) in [6.07, 6.45) is 0.120. The van der Waals surface area contributed by atoms with Gasteiger partial charge in [0.2, 0.25) is 11.8 Å². The summed E-state index contributed by atoms with van der Waals surface area (Å²) in [4.78, 5) is 36.3. The van der Waals surface area contributed by atoms with Crippen LogP contribution < -0.4 is 4.90 Å².